The van der Waals surface area contributed by atoms with Crippen LogP contribution in [-0.2, 0) is 23.6 Å². The third-order valence-corrected chi connectivity index (χ3v) is 43.7. The molecule has 0 amide bonds. The van der Waals surface area contributed by atoms with Crippen molar-refractivity contribution < 1.29 is 0 Å². The Hall–Kier alpha value is 1.82. The van der Waals surface area contributed by atoms with Gasteiger partial charge in [0.05, 0.1) is 0 Å². The fourth-order valence-electron chi connectivity index (χ4n) is 6.83. The Bertz CT molecular complexity index is 502. The predicted molar refractivity (Wildman–Crippen MR) is 142 cm³/mol. The molecule has 0 spiro atoms. The molecule has 4 saturated carbocycles. The molecule has 29 heavy (non-hydrogen) atoms. The molecule has 168 valence electrons. The second kappa shape index (κ2) is 11.3. The van der Waals surface area contributed by atoms with Crippen LogP contribution in [-0.4, -0.2) is 36.7 Å². The Morgan fingerprint density at radius 1 is 0.379 bits per heavy atom. The van der Waals surface area contributed by atoms with Gasteiger partial charge in [-0.25, -0.2) is 0 Å². The van der Waals surface area contributed by atoms with Gasteiger partial charge in [0.2, 0.25) is 0 Å². The first kappa shape index (κ1) is 24.0. The van der Waals surface area contributed by atoms with Crippen molar-refractivity contribution in [2.45, 2.75) is 151 Å². The van der Waals surface area contributed by atoms with Crippen molar-refractivity contribution in [2.75, 3.05) is 0 Å². The van der Waals surface area contributed by atoms with Crippen molar-refractivity contribution in [1.82, 2.24) is 0 Å². The van der Waals surface area contributed by atoms with Crippen LogP contribution in [0.5, 0.6) is 0 Å². The molecule has 0 unspecified atom stereocenters. The van der Waals surface area contributed by atoms with E-state index in [4.69, 9.17) is 23.6 Å². The normalized spacial score (nSPS) is 27.9. The Kier molecular flexibility index (Phi) is 9.33. The third-order valence-electron chi connectivity index (χ3n) is 8.59. The Morgan fingerprint density at radius 2 is 0.586 bits per heavy atom. The van der Waals surface area contributed by atoms with Crippen molar-refractivity contribution >= 4 is 47.1 Å². The van der Waals surface area contributed by atoms with Crippen LogP contribution < -0.4 is 0 Å². The fourth-order valence-corrected chi connectivity index (χ4v) is 53.8. The molecule has 4 fully saturated rings. The Morgan fingerprint density at radius 3 is 0.793 bits per heavy atom. The molecule has 0 bridgehead atoms. The van der Waals surface area contributed by atoms with Crippen LogP contribution >= 0.6 is 9.45 Å². The van der Waals surface area contributed by atoms with E-state index in [2.05, 4.69) is 0 Å². The van der Waals surface area contributed by atoms with E-state index in [1.54, 1.807) is 0 Å². The van der Waals surface area contributed by atoms with E-state index >= 15 is 0 Å². The standard InChI is InChI=1S/C24H44P2S2Se/c27-25(21-13-5-1-6-14-21,22-15-7-2-8-16-22)29-26(28,23-17-9-3-10-18-23)24-19-11-4-12-20-24/h21-24H,1-20H2. The molecule has 0 aromatic heterocycles. The zero-order chi connectivity index (χ0) is 20.2. The van der Waals surface area contributed by atoms with E-state index < -0.39 is 9.45 Å². The van der Waals surface area contributed by atoms with Crippen molar-refractivity contribution in [3.8, 4) is 0 Å². The van der Waals surface area contributed by atoms with E-state index in [0.717, 1.165) is 22.6 Å². The quantitative estimate of drug-likeness (QED) is 0.245. The van der Waals surface area contributed by atoms with Gasteiger partial charge in [-0.3, -0.25) is 0 Å². The number of hydrogen-bond acceptors (Lipinski definition) is 2. The summed E-state index contributed by atoms with van der Waals surface area (Å²) in [5.41, 5.74) is 3.79. The summed E-state index contributed by atoms with van der Waals surface area (Å²) in [4.78, 5) is 0. The molecule has 4 rings (SSSR count). The van der Waals surface area contributed by atoms with Gasteiger partial charge in [-0.15, -0.1) is 0 Å². The molecule has 5 heteroatoms. The molecule has 0 atom stereocenters. The maximum atomic E-state index is 7.03. The van der Waals surface area contributed by atoms with E-state index in [1.807, 2.05) is 0 Å². The fraction of sp³-hybridized carbons (Fsp3) is 1.00. The minimum atomic E-state index is -1.28. The molecule has 0 heterocycles. The van der Waals surface area contributed by atoms with Crippen molar-refractivity contribution in [1.29, 1.82) is 0 Å². The van der Waals surface area contributed by atoms with Gasteiger partial charge in [-0.1, -0.05) is 0 Å². The van der Waals surface area contributed by atoms with Gasteiger partial charge in [0, 0.05) is 0 Å². The summed E-state index contributed by atoms with van der Waals surface area (Å²) >= 11 is 14.7. The van der Waals surface area contributed by atoms with E-state index in [-0.39, 0.29) is 0 Å². The second-order valence-electron chi connectivity index (χ2n) is 10.5. The summed E-state index contributed by atoms with van der Waals surface area (Å²) in [5, 5.41) is 0. The second-order valence-corrected chi connectivity index (χ2v) is 34.1. The zero-order valence-corrected chi connectivity index (χ0v) is 23.7. The van der Waals surface area contributed by atoms with Crippen LogP contribution in [0.25, 0.3) is 0 Å². The first-order valence-electron chi connectivity index (χ1n) is 13.0. The maximum absolute atomic E-state index is 7.03. The third kappa shape index (κ3) is 5.67. The summed E-state index contributed by atoms with van der Waals surface area (Å²) in [5.74, 6) is 0. The van der Waals surface area contributed by atoms with Gasteiger partial charge in [0.15, 0.2) is 0 Å². The number of rotatable bonds is 6. The average Bonchev–Trinajstić information content (AvgIpc) is 2.81. The minimum absolute atomic E-state index is 0.665. The van der Waals surface area contributed by atoms with Crippen molar-refractivity contribution in [3.05, 3.63) is 0 Å². The molecular formula is C24H44P2S2Se. The molecule has 0 radical (unpaired) electrons. The van der Waals surface area contributed by atoms with Gasteiger partial charge in [-0.2, -0.15) is 0 Å². The number of hydrogen-bond donors (Lipinski definition) is 0. The van der Waals surface area contributed by atoms with Crippen LogP contribution in [0.4, 0.5) is 0 Å². The molecule has 0 nitrogen and oxygen atoms in total. The van der Waals surface area contributed by atoms with Crippen LogP contribution in [0.3, 0.4) is 0 Å². The molecule has 0 aromatic rings. The van der Waals surface area contributed by atoms with Crippen molar-refractivity contribution in [2.24, 2.45) is 0 Å². The summed E-state index contributed by atoms with van der Waals surface area (Å²) < 4.78 is -2.57. The molecule has 4 aliphatic carbocycles. The first-order chi connectivity index (χ1) is 14.1. The van der Waals surface area contributed by atoms with E-state index in [9.17, 15) is 0 Å². The van der Waals surface area contributed by atoms with Crippen LogP contribution in [0.1, 0.15) is 128 Å². The van der Waals surface area contributed by atoms with Crippen LogP contribution in [0.15, 0.2) is 0 Å². The van der Waals surface area contributed by atoms with Crippen molar-refractivity contribution in [3.63, 3.8) is 0 Å². The summed E-state index contributed by atoms with van der Waals surface area (Å²) in [6, 6.07) is 0. The SMILES string of the molecule is S=P([Se]P(=S)(C1CCCCC1)C1CCCCC1)(C1CCCCC1)C1CCCCC1. The molecule has 0 aromatic carbocycles. The van der Waals surface area contributed by atoms with Gasteiger partial charge in [0.25, 0.3) is 0 Å². The molecule has 0 N–H and O–H groups in total. The Balaban J connectivity index is 1.65. The van der Waals surface area contributed by atoms with Gasteiger partial charge >= 0.3 is 198 Å². The topological polar surface area (TPSA) is 0 Å². The van der Waals surface area contributed by atoms with Crippen LogP contribution in [0, 0.1) is 0 Å². The predicted octanol–water partition coefficient (Wildman–Crippen LogP) is 8.81. The van der Waals surface area contributed by atoms with Crippen LogP contribution in [0.2, 0.25) is 0 Å². The van der Waals surface area contributed by atoms with Gasteiger partial charge < -0.3 is 0 Å². The monoisotopic (exact) mass is 538 g/mol. The molecule has 4 aliphatic rings. The van der Waals surface area contributed by atoms with E-state index in [0.29, 0.717) is 14.1 Å². The Labute approximate surface area is 197 Å². The van der Waals surface area contributed by atoms with Gasteiger partial charge in [-0.05, 0) is 0 Å². The average molecular weight is 538 g/mol. The van der Waals surface area contributed by atoms with Gasteiger partial charge in [0.1, 0.15) is 0 Å². The van der Waals surface area contributed by atoms with E-state index in [1.165, 1.54) is 128 Å². The molecule has 0 saturated heterocycles. The summed E-state index contributed by atoms with van der Waals surface area (Å²) in [6.07, 6.45) is 29.6. The summed E-state index contributed by atoms with van der Waals surface area (Å²) in [7, 11) is 0. The zero-order valence-electron chi connectivity index (χ0n) is 18.6. The molecule has 0 aliphatic heterocycles. The first-order valence-corrected chi connectivity index (χ1v) is 23.3. The summed E-state index contributed by atoms with van der Waals surface area (Å²) in [6.45, 7) is 0. The molecular weight excluding hydrogens is 493 g/mol.